The van der Waals surface area contributed by atoms with E-state index in [4.69, 9.17) is 0 Å². The van der Waals surface area contributed by atoms with Gasteiger partial charge in [-0.15, -0.1) is 0 Å². The topological polar surface area (TPSA) is 10.4 Å². The van der Waals surface area contributed by atoms with Crippen molar-refractivity contribution in [2.24, 2.45) is 0 Å². The van der Waals surface area contributed by atoms with Gasteiger partial charge in [0.15, 0.2) is 6.20 Å². The van der Waals surface area contributed by atoms with Gasteiger partial charge in [-0.25, -0.2) is 0 Å². The van der Waals surface area contributed by atoms with Crippen molar-refractivity contribution in [2.45, 2.75) is 25.3 Å². The number of para-hydroxylation sites is 1. The first kappa shape index (κ1) is 17.8. The summed E-state index contributed by atoms with van der Waals surface area (Å²) in [5.41, 5.74) is 2.38. The van der Waals surface area contributed by atoms with Crippen molar-refractivity contribution in [3.63, 3.8) is 0 Å². The number of benzene rings is 1. The van der Waals surface area contributed by atoms with Crippen molar-refractivity contribution >= 4 is 46.6 Å². The molecule has 134 valence electrons. The zero-order valence-corrected chi connectivity index (χ0v) is 17.7. The second-order valence-corrected chi connectivity index (χ2v) is 9.05. The lowest BCUT2D eigenvalue weighted by molar-refractivity contribution is -0.690. The Morgan fingerprint density at radius 1 is 1.19 bits per heavy atom. The lowest BCUT2D eigenvalue weighted by Gasteiger charge is -2.18. The molecule has 1 aromatic heterocycles. The molecule has 0 N–H and O–H groups in total. The molecule has 6 heteroatoms. The van der Waals surface area contributed by atoms with Gasteiger partial charge in [-0.3, -0.25) is 0 Å². The second kappa shape index (κ2) is 7.18. The molecule has 1 aromatic carbocycles. The van der Waals surface area contributed by atoms with Crippen LogP contribution >= 0.6 is 34.9 Å². The van der Waals surface area contributed by atoms with E-state index in [1.54, 1.807) is 11.3 Å². The van der Waals surface area contributed by atoms with Crippen LogP contribution in [0.3, 0.4) is 0 Å². The Balaban J connectivity index is 1.73. The van der Waals surface area contributed by atoms with E-state index in [2.05, 4.69) is 83.8 Å². The Kier molecular flexibility index (Phi) is 4.90. The first-order valence-electron chi connectivity index (χ1n) is 8.72. The van der Waals surface area contributed by atoms with Gasteiger partial charge in [-0.2, -0.15) is 4.57 Å². The Morgan fingerprint density at radius 2 is 2.00 bits per heavy atom. The Bertz CT molecular complexity index is 926. The number of likely N-dealkylation sites (N-methyl/N-ethyl adjacent to an activating group) is 1. The summed E-state index contributed by atoms with van der Waals surface area (Å²) in [5, 5.41) is 5.97. The Morgan fingerprint density at radius 3 is 2.73 bits per heavy atom. The summed E-state index contributed by atoms with van der Waals surface area (Å²) in [7, 11) is 2.15. The van der Waals surface area contributed by atoms with Crippen LogP contribution in [0.5, 0.6) is 0 Å². The molecule has 1 saturated heterocycles. The predicted octanol–water partition coefficient (Wildman–Crippen LogP) is 5.35. The summed E-state index contributed by atoms with van der Waals surface area (Å²) in [6.45, 7) is 10.7. The number of rotatable bonds is 3. The van der Waals surface area contributed by atoms with Gasteiger partial charge in [0.25, 0.3) is 5.01 Å². The average Bonchev–Trinajstić information content (AvgIpc) is 3.32. The van der Waals surface area contributed by atoms with Crippen LogP contribution in [0.4, 0.5) is 5.69 Å². The van der Waals surface area contributed by atoms with Crippen molar-refractivity contribution in [3.05, 3.63) is 68.1 Å². The minimum absolute atomic E-state index is 0.924. The van der Waals surface area contributed by atoms with Gasteiger partial charge in [0.1, 0.15) is 6.54 Å². The van der Waals surface area contributed by atoms with Gasteiger partial charge >= 0.3 is 0 Å². The number of hydrogen-bond acceptors (Lipinski definition) is 5. The fourth-order valence-corrected chi connectivity index (χ4v) is 6.66. The smallest absolute Gasteiger partial charge is 0.264 e. The minimum atomic E-state index is 0.924. The maximum atomic E-state index is 4.41. The quantitative estimate of drug-likeness (QED) is 0.643. The number of aromatic nitrogens is 1. The van der Waals surface area contributed by atoms with E-state index in [-0.39, 0.29) is 0 Å². The van der Waals surface area contributed by atoms with Crippen LogP contribution in [-0.2, 0) is 6.54 Å². The average molecular weight is 401 g/mol. The third-order valence-corrected chi connectivity index (χ3v) is 8.01. The molecule has 1 fully saturated rings. The fraction of sp³-hybridized carbons (Fsp3) is 0.250. The minimum Gasteiger partial charge on any atom is -0.337 e. The summed E-state index contributed by atoms with van der Waals surface area (Å²) >= 11 is 5.47. The maximum absolute atomic E-state index is 4.41. The standard InChI is InChI=1S/C20H22N3S3/c1-5-22-11-12-24-17(22)13-18-23(6-2)14(3)19(26-18)20-21(4)15-9-7-8-10-16(15)25-20/h7-13H,3,5-6H2,1-2,4H3/q+1. The maximum Gasteiger partial charge on any atom is 0.264 e. The van der Waals surface area contributed by atoms with Gasteiger partial charge in [-0.05, 0) is 26.0 Å². The van der Waals surface area contributed by atoms with Crippen LogP contribution in [0, 0.1) is 0 Å². The van der Waals surface area contributed by atoms with E-state index >= 15 is 0 Å². The monoisotopic (exact) mass is 400 g/mol. The summed E-state index contributed by atoms with van der Waals surface area (Å²) in [6.07, 6.45) is 4.45. The van der Waals surface area contributed by atoms with Gasteiger partial charge in [0.05, 0.1) is 37.8 Å². The van der Waals surface area contributed by atoms with Crippen LogP contribution in [0.2, 0.25) is 0 Å². The molecule has 3 heterocycles. The van der Waals surface area contributed by atoms with Crippen molar-refractivity contribution in [1.29, 1.82) is 0 Å². The molecule has 0 amide bonds. The number of anilines is 1. The number of hydrogen-bond donors (Lipinski definition) is 0. The Hall–Kier alpha value is -1.63. The normalized spacial score (nSPS) is 21.2. The first-order valence-corrected chi connectivity index (χ1v) is 11.2. The van der Waals surface area contributed by atoms with Crippen molar-refractivity contribution in [1.82, 2.24) is 4.90 Å². The molecule has 0 spiro atoms. The third-order valence-electron chi connectivity index (χ3n) is 4.61. The Labute approximate surface area is 167 Å². The van der Waals surface area contributed by atoms with Crippen molar-refractivity contribution in [2.75, 3.05) is 18.5 Å². The van der Waals surface area contributed by atoms with Gasteiger partial charge in [0, 0.05) is 18.5 Å². The van der Waals surface area contributed by atoms with E-state index in [1.807, 2.05) is 23.5 Å². The molecule has 0 unspecified atom stereocenters. The number of aryl methyl sites for hydroxylation is 1. The van der Waals surface area contributed by atoms with Gasteiger partial charge in [-0.1, -0.05) is 53.6 Å². The summed E-state index contributed by atoms with van der Waals surface area (Å²) in [6, 6.07) is 8.58. The third kappa shape index (κ3) is 2.90. The SMILES string of the molecule is C=C1C(=C2Sc3ccccc3N2C)SC(=Cc2scc[n+]2CC)N1CC. The molecule has 2 aromatic rings. The molecule has 2 aliphatic rings. The molecule has 0 radical (unpaired) electrons. The molecule has 0 bridgehead atoms. The van der Waals surface area contributed by atoms with Crippen LogP contribution in [0.15, 0.2) is 68.0 Å². The van der Waals surface area contributed by atoms with Crippen molar-refractivity contribution in [3.8, 4) is 0 Å². The predicted molar refractivity (Wildman–Crippen MR) is 115 cm³/mol. The molecule has 4 rings (SSSR count). The highest BCUT2D eigenvalue weighted by molar-refractivity contribution is 8.09. The fourth-order valence-electron chi connectivity index (χ4n) is 3.20. The highest BCUT2D eigenvalue weighted by Crippen LogP contribution is 2.54. The molecular weight excluding hydrogens is 378 g/mol. The lowest BCUT2D eigenvalue weighted by atomic mass is 10.3. The van der Waals surface area contributed by atoms with Crippen LogP contribution in [0.1, 0.15) is 18.9 Å². The molecule has 0 saturated carbocycles. The summed E-state index contributed by atoms with van der Waals surface area (Å²) in [4.78, 5) is 7.20. The van der Waals surface area contributed by atoms with Crippen LogP contribution in [0.25, 0.3) is 6.08 Å². The largest absolute Gasteiger partial charge is 0.337 e. The zero-order chi connectivity index (χ0) is 18.3. The number of nitrogens with zero attached hydrogens (tertiary/aromatic N) is 3. The van der Waals surface area contributed by atoms with Gasteiger partial charge < -0.3 is 9.80 Å². The first-order chi connectivity index (χ1) is 12.6. The van der Waals surface area contributed by atoms with E-state index in [9.17, 15) is 0 Å². The van der Waals surface area contributed by atoms with Gasteiger partial charge in [0.2, 0.25) is 0 Å². The van der Waals surface area contributed by atoms with E-state index in [0.717, 1.165) is 18.8 Å². The van der Waals surface area contributed by atoms with E-state index in [1.165, 1.54) is 30.6 Å². The zero-order valence-electron chi connectivity index (χ0n) is 15.2. The molecular formula is C20H22N3S3+. The number of thioether (sulfide) groups is 2. The van der Waals surface area contributed by atoms with Crippen LogP contribution < -0.4 is 9.47 Å². The lowest BCUT2D eigenvalue weighted by Crippen LogP contribution is -2.32. The van der Waals surface area contributed by atoms with E-state index in [0.29, 0.717) is 0 Å². The molecule has 0 atom stereocenters. The van der Waals surface area contributed by atoms with Crippen molar-refractivity contribution < 1.29 is 4.57 Å². The van der Waals surface area contributed by atoms with Crippen LogP contribution in [-0.4, -0.2) is 18.5 Å². The molecule has 2 aliphatic heterocycles. The second-order valence-electron chi connectivity index (χ2n) is 6.07. The summed E-state index contributed by atoms with van der Waals surface area (Å²) < 4.78 is 2.28. The van der Waals surface area contributed by atoms with E-state index < -0.39 is 0 Å². The molecule has 3 nitrogen and oxygen atoms in total. The highest BCUT2D eigenvalue weighted by Gasteiger charge is 2.34. The number of thiazole rings is 1. The highest BCUT2D eigenvalue weighted by atomic mass is 32.2. The number of fused-ring (bicyclic) bond motifs is 1. The molecule has 26 heavy (non-hydrogen) atoms. The molecule has 0 aliphatic carbocycles. The summed E-state index contributed by atoms with van der Waals surface area (Å²) in [5.74, 6) is 0.